The van der Waals surface area contributed by atoms with Crippen molar-refractivity contribution < 1.29 is 14.3 Å². The number of ketones is 1. The van der Waals surface area contributed by atoms with Crippen molar-refractivity contribution in [3.8, 4) is 0 Å². The molecule has 1 fully saturated rings. The molecule has 4 rings (SSSR count). The number of hydrogen-bond acceptors (Lipinski definition) is 4. The van der Waals surface area contributed by atoms with Crippen LogP contribution in [0.4, 0.5) is 0 Å². The SMILES string of the molecule is CCC(C)c1ccccc1SC1C(=O)CC(c2ccccc2)(c2ccccc2)OC1=O. The van der Waals surface area contributed by atoms with E-state index in [-0.39, 0.29) is 12.2 Å². The van der Waals surface area contributed by atoms with E-state index in [1.54, 1.807) is 0 Å². The van der Waals surface area contributed by atoms with Gasteiger partial charge in [0, 0.05) is 16.0 Å². The van der Waals surface area contributed by atoms with E-state index in [0.29, 0.717) is 5.92 Å². The molecule has 2 atom stereocenters. The topological polar surface area (TPSA) is 43.4 Å². The maximum Gasteiger partial charge on any atom is 0.328 e. The lowest BCUT2D eigenvalue weighted by atomic mass is 9.80. The van der Waals surface area contributed by atoms with Crippen molar-refractivity contribution in [2.75, 3.05) is 0 Å². The van der Waals surface area contributed by atoms with Gasteiger partial charge in [0.1, 0.15) is 0 Å². The summed E-state index contributed by atoms with van der Waals surface area (Å²) in [5.41, 5.74) is 1.69. The summed E-state index contributed by atoms with van der Waals surface area (Å²) in [5, 5.41) is -0.856. The van der Waals surface area contributed by atoms with Crippen LogP contribution in [0.5, 0.6) is 0 Å². The van der Waals surface area contributed by atoms with E-state index in [4.69, 9.17) is 4.74 Å². The van der Waals surface area contributed by atoms with Gasteiger partial charge in [0.25, 0.3) is 0 Å². The largest absolute Gasteiger partial charge is 0.448 e. The second kappa shape index (κ2) is 9.11. The highest BCUT2D eigenvalue weighted by Crippen LogP contribution is 2.44. The van der Waals surface area contributed by atoms with Crippen molar-refractivity contribution in [1.29, 1.82) is 0 Å². The molecule has 0 bridgehead atoms. The Balaban J connectivity index is 1.69. The summed E-state index contributed by atoms with van der Waals surface area (Å²) in [4.78, 5) is 27.6. The average molecular weight is 431 g/mol. The predicted octanol–water partition coefficient (Wildman–Crippen LogP) is 6.12. The van der Waals surface area contributed by atoms with Crippen molar-refractivity contribution in [3.05, 3.63) is 102 Å². The van der Waals surface area contributed by atoms with E-state index >= 15 is 0 Å². The lowest BCUT2D eigenvalue weighted by molar-refractivity contribution is -0.165. The number of benzene rings is 3. The molecule has 3 nitrogen and oxygen atoms in total. The van der Waals surface area contributed by atoms with Gasteiger partial charge < -0.3 is 4.74 Å². The highest BCUT2D eigenvalue weighted by Gasteiger charge is 2.49. The van der Waals surface area contributed by atoms with Gasteiger partial charge in [0.15, 0.2) is 16.6 Å². The van der Waals surface area contributed by atoms with E-state index in [1.165, 1.54) is 17.3 Å². The Morgan fingerprint density at radius 2 is 1.45 bits per heavy atom. The van der Waals surface area contributed by atoms with Gasteiger partial charge >= 0.3 is 5.97 Å². The summed E-state index contributed by atoms with van der Waals surface area (Å²) < 4.78 is 6.15. The molecule has 4 heteroatoms. The minimum Gasteiger partial charge on any atom is -0.448 e. The molecule has 0 N–H and O–H groups in total. The summed E-state index contributed by atoms with van der Waals surface area (Å²) in [6.45, 7) is 4.30. The number of thioether (sulfide) groups is 1. The second-order valence-corrected chi connectivity index (χ2v) is 9.12. The second-order valence-electron chi connectivity index (χ2n) is 7.97. The predicted molar refractivity (Wildman–Crippen MR) is 124 cm³/mol. The molecule has 2 unspecified atom stereocenters. The lowest BCUT2D eigenvalue weighted by Crippen LogP contribution is -2.48. The third-order valence-corrected chi connectivity index (χ3v) is 7.31. The number of ether oxygens (including phenoxy) is 1. The first-order chi connectivity index (χ1) is 15.0. The van der Waals surface area contributed by atoms with Crippen LogP contribution < -0.4 is 0 Å². The Kier molecular flexibility index (Phi) is 6.28. The van der Waals surface area contributed by atoms with Crippen molar-refractivity contribution >= 4 is 23.5 Å². The molecule has 3 aromatic rings. The van der Waals surface area contributed by atoms with Crippen LogP contribution in [0, 0.1) is 0 Å². The van der Waals surface area contributed by atoms with Gasteiger partial charge in [-0.25, -0.2) is 0 Å². The van der Waals surface area contributed by atoms with Gasteiger partial charge in [-0.3, -0.25) is 9.59 Å². The summed E-state index contributed by atoms with van der Waals surface area (Å²) in [6, 6.07) is 27.1. The van der Waals surface area contributed by atoms with Gasteiger partial charge in [-0.1, -0.05) is 92.7 Å². The van der Waals surface area contributed by atoms with Gasteiger partial charge in [0.05, 0.1) is 6.42 Å². The van der Waals surface area contributed by atoms with Crippen LogP contribution in [0.25, 0.3) is 0 Å². The van der Waals surface area contributed by atoms with Crippen LogP contribution in [-0.4, -0.2) is 17.0 Å². The van der Waals surface area contributed by atoms with Gasteiger partial charge in [-0.05, 0) is 24.0 Å². The fourth-order valence-corrected chi connectivity index (χ4v) is 5.27. The molecule has 1 heterocycles. The first kappa shape index (κ1) is 21.4. The quantitative estimate of drug-likeness (QED) is 0.349. The molecule has 0 radical (unpaired) electrons. The van der Waals surface area contributed by atoms with Crippen LogP contribution in [0.15, 0.2) is 89.8 Å². The van der Waals surface area contributed by atoms with Crippen LogP contribution in [-0.2, 0) is 19.9 Å². The highest BCUT2D eigenvalue weighted by atomic mass is 32.2. The van der Waals surface area contributed by atoms with Crippen LogP contribution in [0.3, 0.4) is 0 Å². The molecule has 1 aliphatic rings. The fourth-order valence-electron chi connectivity index (χ4n) is 4.09. The summed E-state index contributed by atoms with van der Waals surface area (Å²) in [7, 11) is 0. The standard InChI is InChI=1S/C27H26O3S/c1-3-19(2)22-16-10-11-17-24(22)31-25-23(28)18-27(30-26(25)29,20-12-6-4-7-13-20)21-14-8-5-9-15-21/h4-17,19,25H,3,18H2,1-2H3. The molecule has 0 spiro atoms. The Morgan fingerprint density at radius 1 is 0.903 bits per heavy atom. The minimum atomic E-state index is -1.09. The number of cyclic esters (lactones) is 1. The molecule has 31 heavy (non-hydrogen) atoms. The molecule has 0 amide bonds. The normalized spacial score (nSPS) is 19.0. The third-order valence-electron chi connectivity index (χ3n) is 5.99. The van der Waals surface area contributed by atoms with E-state index in [1.807, 2.05) is 78.9 Å². The zero-order valence-corrected chi connectivity index (χ0v) is 18.6. The highest BCUT2D eigenvalue weighted by molar-refractivity contribution is 8.01. The van der Waals surface area contributed by atoms with Gasteiger partial charge in [-0.2, -0.15) is 0 Å². The maximum atomic E-state index is 13.4. The van der Waals surface area contributed by atoms with Crippen molar-refractivity contribution in [3.63, 3.8) is 0 Å². The van der Waals surface area contributed by atoms with Crippen molar-refractivity contribution in [1.82, 2.24) is 0 Å². The average Bonchev–Trinajstić information content (AvgIpc) is 2.82. The molecular weight excluding hydrogens is 404 g/mol. The minimum absolute atomic E-state index is 0.104. The van der Waals surface area contributed by atoms with Gasteiger partial charge in [-0.15, -0.1) is 11.8 Å². The van der Waals surface area contributed by atoms with E-state index in [2.05, 4.69) is 19.9 Å². The molecule has 0 aromatic heterocycles. The Labute approximate surface area is 187 Å². The Bertz CT molecular complexity index is 1000. The summed E-state index contributed by atoms with van der Waals surface area (Å²) >= 11 is 1.32. The molecular formula is C27H26O3S. The maximum absolute atomic E-state index is 13.4. The number of Topliss-reactive ketones (excluding diaryl/α,β-unsaturated/α-hetero) is 1. The van der Waals surface area contributed by atoms with Crippen LogP contribution in [0.1, 0.15) is 49.3 Å². The molecule has 3 aromatic carbocycles. The third kappa shape index (κ3) is 4.17. The summed E-state index contributed by atoms with van der Waals surface area (Å²) in [6.07, 6.45) is 1.11. The number of esters is 1. The lowest BCUT2D eigenvalue weighted by Gasteiger charge is -2.39. The number of hydrogen-bond donors (Lipinski definition) is 0. The molecule has 158 valence electrons. The van der Waals surface area contributed by atoms with E-state index in [9.17, 15) is 9.59 Å². The van der Waals surface area contributed by atoms with E-state index in [0.717, 1.165) is 22.4 Å². The monoisotopic (exact) mass is 430 g/mol. The Morgan fingerprint density at radius 3 is 2.00 bits per heavy atom. The van der Waals surface area contributed by atoms with E-state index < -0.39 is 16.8 Å². The number of carbonyl (C=O) groups is 2. The zero-order chi connectivity index (χ0) is 21.8. The first-order valence-electron chi connectivity index (χ1n) is 10.7. The molecule has 1 aliphatic heterocycles. The van der Waals surface area contributed by atoms with Crippen molar-refractivity contribution in [2.24, 2.45) is 0 Å². The molecule has 1 saturated heterocycles. The van der Waals surface area contributed by atoms with Crippen LogP contribution in [0.2, 0.25) is 0 Å². The number of carbonyl (C=O) groups excluding carboxylic acids is 2. The number of rotatable bonds is 6. The fraction of sp³-hybridized carbons (Fsp3) is 0.259. The Hall–Kier alpha value is -2.85. The molecule has 0 saturated carbocycles. The zero-order valence-electron chi connectivity index (χ0n) is 17.8. The smallest absolute Gasteiger partial charge is 0.328 e. The summed E-state index contributed by atoms with van der Waals surface area (Å²) in [5.74, 6) is -0.230. The van der Waals surface area contributed by atoms with Gasteiger partial charge in [0.2, 0.25) is 0 Å². The first-order valence-corrected chi connectivity index (χ1v) is 11.6. The molecule has 0 aliphatic carbocycles. The van der Waals surface area contributed by atoms with Crippen molar-refractivity contribution in [2.45, 2.75) is 48.4 Å². The van der Waals surface area contributed by atoms with Crippen LogP contribution >= 0.6 is 11.8 Å².